The molecule has 1 fully saturated rings. The molecule has 5 nitrogen and oxygen atoms in total. The second kappa shape index (κ2) is 7.87. The van der Waals surface area contributed by atoms with E-state index < -0.39 is 0 Å². The van der Waals surface area contributed by atoms with Gasteiger partial charge in [0.2, 0.25) is 0 Å². The average molecular weight is 277 g/mol. The van der Waals surface area contributed by atoms with Crippen molar-refractivity contribution in [2.24, 2.45) is 0 Å². The zero-order chi connectivity index (χ0) is 14.2. The van der Waals surface area contributed by atoms with Crippen LogP contribution in [0.5, 0.6) is 0 Å². The lowest BCUT2D eigenvalue weighted by molar-refractivity contribution is 0.0526. The third kappa shape index (κ3) is 4.51. The van der Waals surface area contributed by atoms with Gasteiger partial charge in [-0.1, -0.05) is 0 Å². The van der Waals surface area contributed by atoms with Gasteiger partial charge in [0.1, 0.15) is 0 Å². The number of esters is 1. The predicted molar refractivity (Wildman–Crippen MR) is 80.2 cm³/mol. The number of carbonyl (C=O) groups excluding carboxylic acids is 1. The first kappa shape index (κ1) is 14.8. The third-order valence-electron chi connectivity index (χ3n) is 3.36. The van der Waals surface area contributed by atoms with E-state index in [1.54, 1.807) is 12.1 Å². The van der Waals surface area contributed by atoms with Gasteiger partial charge in [-0.15, -0.1) is 0 Å². The molecule has 0 aliphatic carbocycles. The van der Waals surface area contributed by atoms with Crippen LogP contribution >= 0.6 is 0 Å². The minimum Gasteiger partial charge on any atom is -0.462 e. The number of piperazine rings is 1. The molecule has 110 valence electrons. The van der Waals surface area contributed by atoms with E-state index in [0.717, 1.165) is 45.0 Å². The van der Waals surface area contributed by atoms with E-state index in [1.807, 2.05) is 19.1 Å². The Kier molecular flexibility index (Phi) is 5.83. The molecular weight excluding hydrogens is 254 g/mol. The van der Waals surface area contributed by atoms with Crippen LogP contribution in [-0.4, -0.2) is 56.7 Å². The van der Waals surface area contributed by atoms with Crippen molar-refractivity contribution in [1.82, 2.24) is 10.2 Å². The van der Waals surface area contributed by atoms with Crippen LogP contribution in [0.1, 0.15) is 17.3 Å². The van der Waals surface area contributed by atoms with Gasteiger partial charge in [0.05, 0.1) is 12.2 Å². The molecule has 1 saturated heterocycles. The Labute approximate surface area is 120 Å². The van der Waals surface area contributed by atoms with Crippen molar-refractivity contribution in [2.75, 3.05) is 51.2 Å². The highest BCUT2D eigenvalue weighted by Gasteiger charge is 2.08. The molecule has 1 aliphatic heterocycles. The van der Waals surface area contributed by atoms with Gasteiger partial charge in [0.15, 0.2) is 0 Å². The Balaban J connectivity index is 1.74. The number of nitrogens with one attached hydrogen (secondary N) is 2. The van der Waals surface area contributed by atoms with Gasteiger partial charge in [0.25, 0.3) is 0 Å². The molecule has 0 bridgehead atoms. The highest BCUT2D eigenvalue weighted by molar-refractivity contribution is 5.89. The lowest BCUT2D eigenvalue weighted by Gasteiger charge is -2.27. The van der Waals surface area contributed by atoms with E-state index in [1.165, 1.54) is 0 Å². The summed E-state index contributed by atoms with van der Waals surface area (Å²) in [6.45, 7) is 8.56. The molecule has 0 aromatic heterocycles. The van der Waals surface area contributed by atoms with Gasteiger partial charge in [0, 0.05) is 45.0 Å². The molecule has 0 atom stereocenters. The zero-order valence-electron chi connectivity index (χ0n) is 12.0. The van der Waals surface area contributed by atoms with E-state index in [4.69, 9.17) is 4.74 Å². The van der Waals surface area contributed by atoms with E-state index >= 15 is 0 Å². The summed E-state index contributed by atoms with van der Waals surface area (Å²) in [5.41, 5.74) is 1.63. The van der Waals surface area contributed by atoms with Crippen LogP contribution in [0.3, 0.4) is 0 Å². The average Bonchev–Trinajstić information content (AvgIpc) is 2.49. The molecule has 1 aromatic rings. The molecule has 0 radical (unpaired) electrons. The number of rotatable bonds is 6. The van der Waals surface area contributed by atoms with Crippen LogP contribution in [0.25, 0.3) is 0 Å². The summed E-state index contributed by atoms with van der Waals surface area (Å²) < 4.78 is 4.96. The molecule has 1 aromatic carbocycles. The summed E-state index contributed by atoms with van der Waals surface area (Å²) in [4.78, 5) is 14.0. The van der Waals surface area contributed by atoms with Crippen molar-refractivity contribution < 1.29 is 9.53 Å². The van der Waals surface area contributed by atoms with Crippen LogP contribution in [0.2, 0.25) is 0 Å². The maximum Gasteiger partial charge on any atom is 0.338 e. The topological polar surface area (TPSA) is 53.6 Å². The quantitative estimate of drug-likeness (QED) is 0.765. The molecule has 5 heteroatoms. The number of anilines is 1. The second-order valence-corrected chi connectivity index (χ2v) is 4.82. The molecule has 0 saturated carbocycles. The van der Waals surface area contributed by atoms with Crippen molar-refractivity contribution in [3.63, 3.8) is 0 Å². The summed E-state index contributed by atoms with van der Waals surface area (Å²) in [5, 5.41) is 6.72. The van der Waals surface area contributed by atoms with Crippen molar-refractivity contribution in [3.8, 4) is 0 Å². The van der Waals surface area contributed by atoms with Gasteiger partial charge < -0.3 is 15.4 Å². The maximum absolute atomic E-state index is 11.5. The molecule has 1 aliphatic rings. The minimum atomic E-state index is -0.264. The first-order chi connectivity index (χ1) is 9.79. The Morgan fingerprint density at radius 2 is 2.00 bits per heavy atom. The standard InChI is InChI=1S/C15H23N3O2/c1-2-20-15(19)13-3-5-14(6-4-13)17-9-12-18-10-7-16-8-11-18/h3-6,16-17H,2,7-12H2,1H3. The van der Waals surface area contributed by atoms with Crippen LogP contribution in [-0.2, 0) is 4.74 Å². The fourth-order valence-corrected chi connectivity index (χ4v) is 2.23. The summed E-state index contributed by atoms with van der Waals surface area (Å²) in [6, 6.07) is 7.43. The Morgan fingerprint density at radius 3 is 2.65 bits per heavy atom. The number of carbonyl (C=O) groups is 1. The van der Waals surface area contributed by atoms with Crippen molar-refractivity contribution >= 4 is 11.7 Å². The van der Waals surface area contributed by atoms with Crippen LogP contribution in [0.15, 0.2) is 24.3 Å². The minimum absolute atomic E-state index is 0.264. The molecule has 1 heterocycles. The molecule has 2 rings (SSSR count). The lowest BCUT2D eigenvalue weighted by Crippen LogP contribution is -2.45. The molecular formula is C15H23N3O2. The largest absolute Gasteiger partial charge is 0.462 e. The first-order valence-electron chi connectivity index (χ1n) is 7.23. The van der Waals surface area contributed by atoms with E-state index in [-0.39, 0.29) is 5.97 Å². The van der Waals surface area contributed by atoms with Gasteiger partial charge in [-0.3, -0.25) is 4.90 Å². The fraction of sp³-hybridized carbons (Fsp3) is 0.533. The fourth-order valence-electron chi connectivity index (χ4n) is 2.23. The number of hydrogen-bond acceptors (Lipinski definition) is 5. The van der Waals surface area contributed by atoms with E-state index in [2.05, 4.69) is 15.5 Å². The van der Waals surface area contributed by atoms with Crippen molar-refractivity contribution in [2.45, 2.75) is 6.92 Å². The molecule has 2 N–H and O–H groups in total. The molecule has 0 unspecified atom stereocenters. The highest BCUT2D eigenvalue weighted by atomic mass is 16.5. The number of ether oxygens (including phenoxy) is 1. The molecule has 0 spiro atoms. The second-order valence-electron chi connectivity index (χ2n) is 4.82. The Hall–Kier alpha value is -1.59. The van der Waals surface area contributed by atoms with E-state index in [0.29, 0.717) is 12.2 Å². The molecule has 20 heavy (non-hydrogen) atoms. The van der Waals surface area contributed by atoms with Gasteiger partial charge in [-0.25, -0.2) is 4.79 Å². The highest BCUT2D eigenvalue weighted by Crippen LogP contribution is 2.10. The Morgan fingerprint density at radius 1 is 1.30 bits per heavy atom. The van der Waals surface area contributed by atoms with Crippen molar-refractivity contribution in [1.29, 1.82) is 0 Å². The Bertz CT molecular complexity index is 414. The smallest absolute Gasteiger partial charge is 0.338 e. The van der Waals surface area contributed by atoms with Crippen molar-refractivity contribution in [3.05, 3.63) is 29.8 Å². The van der Waals surface area contributed by atoms with Gasteiger partial charge >= 0.3 is 5.97 Å². The monoisotopic (exact) mass is 277 g/mol. The third-order valence-corrected chi connectivity index (χ3v) is 3.36. The zero-order valence-corrected chi connectivity index (χ0v) is 12.0. The van der Waals surface area contributed by atoms with Crippen LogP contribution < -0.4 is 10.6 Å². The first-order valence-corrected chi connectivity index (χ1v) is 7.23. The number of hydrogen-bond donors (Lipinski definition) is 2. The maximum atomic E-state index is 11.5. The number of benzene rings is 1. The van der Waals surface area contributed by atoms with Gasteiger partial charge in [-0.2, -0.15) is 0 Å². The summed E-state index contributed by atoms with van der Waals surface area (Å²) in [5.74, 6) is -0.264. The summed E-state index contributed by atoms with van der Waals surface area (Å²) >= 11 is 0. The molecule has 0 amide bonds. The summed E-state index contributed by atoms with van der Waals surface area (Å²) in [7, 11) is 0. The lowest BCUT2D eigenvalue weighted by atomic mass is 10.2. The van der Waals surface area contributed by atoms with Crippen LogP contribution in [0.4, 0.5) is 5.69 Å². The summed E-state index contributed by atoms with van der Waals surface area (Å²) in [6.07, 6.45) is 0. The van der Waals surface area contributed by atoms with Gasteiger partial charge in [-0.05, 0) is 31.2 Å². The SMILES string of the molecule is CCOC(=O)c1ccc(NCCN2CCNCC2)cc1. The van der Waals surface area contributed by atoms with Crippen LogP contribution in [0, 0.1) is 0 Å². The normalized spacial score (nSPS) is 15.8. The number of nitrogens with zero attached hydrogens (tertiary/aromatic N) is 1. The van der Waals surface area contributed by atoms with E-state index in [9.17, 15) is 4.79 Å². The predicted octanol–water partition coefficient (Wildman–Crippen LogP) is 1.18.